The highest BCUT2D eigenvalue weighted by Crippen LogP contribution is 2.22. The lowest BCUT2D eigenvalue weighted by atomic mass is 10.2. The Labute approximate surface area is 119 Å². The molecule has 0 atom stereocenters. The van der Waals surface area contributed by atoms with Crippen molar-refractivity contribution in [2.24, 2.45) is 0 Å². The second kappa shape index (κ2) is 5.27. The summed E-state index contributed by atoms with van der Waals surface area (Å²) in [6.45, 7) is 0. The summed E-state index contributed by atoms with van der Waals surface area (Å²) in [4.78, 5) is 16.4. The van der Waals surface area contributed by atoms with Gasteiger partial charge in [-0.05, 0) is 35.9 Å². The predicted molar refractivity (Wildman–Crippen MR) is 81.1 cm³/mol. The van der Waals surface area contributed by atoms with Gasteiger partial charge in [0.15, 0.2) is 5.01 Å². The first-order chi connectivity index (χ1) is 9.72. The normalized spacial score (nSPS) is 11.2. The van der Waals surface area contributed by atoms with Crippen molar-refractivity contribution < 1.29 is 9.90 Å². The van der Waals surface area contributed by atoms with E-state index >= 15 is 0 Å². The third kappa shape index (κ3) is 2.60. The van der Waals surface area contributed by atoms with E-state index in [4.69, 9.17) is 0 Å². The fraction of sp³-hybridized carbons (Fsp3) is 0. The molecule has 3 aromatic rings. The lowest BCUT2D eigenvalue weighted by Gasteiger charge is -1.93. The third-order valence-electron chi connectivity index (χ3n) is 2.82. The number of hydrogen-bond donors (Lipinski definition) is 1. The molecular formula is C16H11NO2S. The van der Waals surface area contributed by atoms with Crippen molar-refractivity contribution in [1.29, 1.82) is 0 Å². The van der Waals surface area contributed by atoms with Crippen LogP contribution < -0.4 is 0 Å². The van der Waals surface area contributed by atoms with Gasteiger partial charge >= 0.3 is 0 Å². The van der Waals surface area contributed by atoms with E-state index in [9.17, 15) is 9.90 Å². The van der Waals surface area contributed by atoms with E-state index in [0.29, 0.717) is 5.01 Å². The molecular weight excluding hydrogens is 270 g/mol. The first-order valence-corrected chi connectivity index (χ1v) is 6.91. The topological polar surface area (TPSA) is 50.2 Å². The average Bonchev–Trinajstić information content (AvgIpc) is 2.90. The fourth-order valence-corrected chi connectivity index (χ4v) is 2.69. The van der Waals surface area contributed by atoms with Crippen molar-refractivity contribution in [3.8, 4) is 5.75 Å². The third-order valence-corrected chi connectivity index (χ3v) is 3.88. The number of carbonyl (C=O) groups is 1. The number of hydrogen-bond acceptors (Lipinski definition) is 4. The lowest BCUT2D eigenvalue weighted by Crippen LogP contribution is -1.91. The number of carbonyl (C=O) groups excluding carboxylic acids is 1. The molecule has 3 nitrogen and oxygen atoms in total. The number of fused-ring (bicyclic) bond motifs is 1. The van der Waals surface area contributed by atoms with Crippen LogP contribution >= 0.6 is 11.3 Å². The number of rotatable bonds is 3. The van der Waals surface area contributed by atoms with E-state index in [1.54, 1.807) is 30.3 Å². The Kier molecular flexibility index (Phi) is 3.31. The molecule has 0 spiro atoms. The van der Waals surface area contributed by atoms with E-state index in [1.165, 1.54) is 17.4 Å². The fourth-order valence-electron chi connectivity index (χ4n) is 1.81. The zero-order valence-corrected chi connectivity index (χ0v) is 11.3. The monoisotopic (exact) mass is 281 g/mol. The number of aromatic hydroxyl groups is 1. The van der Waals surface area contributed by atoms with E-state index < -0.39 is 0 Å². The maximum Gasteiger partial charge on any atom is 0.214 e. The van der Waals surface area contributed by atoms with Gasteiger partial charge in [0, 0.05) is 0 Å². The van der Waals surface area contributed by atoms with Crippen LogP contribution in [0.2, 0.25) is 0 Å². The highest BCUT2D eigenvalue weighted by molar-refractivity contribution is 7.20. The summed E-state index contributed by atoms with van der Waals surface area (Å²) in [7, 11) is 0. The number of phenols is 1. The molecule has 1 aromatic heterocycles. The molecule has 98 valence electrons. The molecule has 0 unspecified atom stereocenters. The highest BCUT2D eigenvalue weighted by atomic mass is 32.1. The Hall–Kier alpha value is -2.46. The summed E-state index contributed by atoms with van der Waals surface area (Å²) in [5.41, 5.74) is 1.70. The van der Waals surface area contributed by atoms with Crippen LogP contribution in [0.3, 0.4) is 0 Å². The molecule has 0 aliphatic rings. The summed E-state index contributed by atoms with van der Waals surface area (Å²) in [6.07, 6.45) is 3.22. The molecule has 0 aliphatic carbocycles. The summed E-state index contributed by atoms with van der Waals surface area (Å²) in [6, 6.07) is 14.3. The van der Waals surface area contributed by atoms with Gasteiger partial charge in [-0.2, -0.15) is 0 Å². The van der Waals surface area contributed by atoms with Gasteiger partial charge in [-0.15, -0.1) is 11.3 Å². The molecule has 0 bridgehead atoms. The first kappa shape index (κ1) is 12.6. The van der Waals surface area contributed by atoms with Gasteiger partial charge in [0.25, 0.3) is 0 Å². The number of phenolic OH excluding ortho intramolecular Hbond substituents is 1. The smallest absolute Gasteiger partial charge is 0.214 e. The first-order valence-electron chi connectivity index (χ1n) is 6.09. The molecule has 1 heterocycles. The SMILES string of the molecule is O=C(C=Cc1ccc(O)cc1)c1nc2ccccc2s1. The summed E-state index contributed by atoms with van der Waals surface area (Å²) < 4.78 is 1.01. The van der Waals surface area contributed by atoms with Gasteiger partial charge in [0.05, 0.1) is 10.2 Å². The van der Waals surface area contributed by atoms with Crippen LogP contribution in [0.1, 0.15) is 15.4 Å². The molecule has 20 heavy (non-hydrogen) atoms. The summed E-state index contributed by atoms with van der Waals surface area (Å²) in [5, 5.41) is 9.68. The van der Waals surface area contributed by atoms with Gasteiger partial charge in [0.2, 0.25) is 5.78 Å². The number of ketones is 1. The predicted octanol–water partition coefficient (Wildman–Crippen LogP) is 3.90. The minimum atomic E-state index is -0.112. The van der Waals surface area contributed by atoms with Gasteiger partial charge in [0.1, 0.15) is 5.75 Å². The number of nitrogens with zero attached hydrogens (tertiary/aromatic N) is 1. The maximum absolute atomic E-state index is 12.1. The molecule has 0 radical (unpaired) electrons. The van der Waals surface area contributed by atoms with Crippen LogP contribution in [-0.2, 0) is 0 Å². The van der Waals surface area contributed by atoms with Gasteiger partial charge in [-0.25, -0.2) is 4.98 Å². The Morgan fingerprint density at radius 2 is 1.85 bits per heavy atom. The molecule has 0 saturated heterocycles. The van der Waals surface area contributed by atoms with Crippen molar-refractivity contribution in [3.63, 3.8) is 0 Å². The molecule has 0 aliphatic heterocycles. The quantitative estimate of drug-likeness (QED) is 0.585. The lowest BCUT2D eigenvalue weighted by molar-refractivity contribution is 0.104. The molecule has 1 N–H and O–H groups in total. The van der Waals surface area contributed by atoms with Crippen LogP contribution in [0.25, 0.3) is 16.3 Å². The van der Waals surface area contributed by atoms with Crippen molar-refractivity contribution in [3.05, 3.63) is 65.2 Å². The van der Waals surface area contributed by atoms with Crippen LogP contribution in [0.15, 0.2) is 54.6 Å². The standard InChI is InChI=1S/C16H11NO2S/c18-12-8-5-11(6-9-12)7-10-14(19)16-17-13-3-1-2-4-15(13)20-16/h1-10,18H. The Morgan fingerprint density at radius 3 is 2.60 bits per heavy atom. The van der Waals surface area contributed by atoms with Crippen LogP contribution in [0, 0.1) is 0 Å². The Morgan fingerprint density at radius 1 is 1.10 bits per heavy atom. The average molecular weight is 281 g/mol. The zero-order chi connectivity index (χ0) is 13.9. The van der Waals surface area contributed by atoms with Crippen LogP contribution in [-0.4, -0.2) is 15.9 Å². The van der Waals surface area contributed by atoms with Crippen LogP contribution in [0.4, 0.5) is 0 Å². The van der Waals surface area contributed by atoms with E-state index in [2.05, 4.69) is 4.98 Å². The van der Waals surface area contributed by atoms with E-state index in [0.717, 1.165) is 15.8 Å². The molecule has 4 heteroatoms. The van der Waals surface area contributed by atoms with E-state index in [1.807, 2.05) is 24.3 Å². The number of aromatic nitrogens is 1. The summed E-state index contributed by atoms with van der Waals surface area (Å²) >= 11 is 1.39. The second-order valence-corrected chi connectivity index (χ2v) is 5.31. The molecule has 0 saturated carbocycles. The zero-order valence-electron chi connectivity index (χ0n) is 10.5. The molecule has 2 aromatic carbocycles. The van der Waals surface area contributed by atoms with Crippen LogP contribution in [0.5, 0.6) is 5.75 Å². The summed E-state index contributed by atoms with van der Waals surface area (Å²) in [5.74, 6) is 0.0962. The van der Waals surface area contributed by atoms with Gasteiger partial charge in [-0.3, -0.25) is 4.79 Å². The molecule has 3 rings (SSSR count). The molecule has 0 amide bonds. The minimum absolute atomic E-state index is 0.112. The van der Waals surface area contributed by atoms with Crippen molar-refractivity contribution in [1.82, 2.24) is 4.98 Å². The van der Waals surface area contributed by atoms with Crippen molar-refractivity contribution in [2.45, 2.75) is 0 Å². The van der Waals surface area contributed by atoms with Crippen molar-refractivity contribution >= 4 is 33.4 Å². The highest BCUT2D eigenvalue weighted by Gasteiger charge is 2.08. The molecule has 0 fully saturated rings. The van der Waals surface area contributed by atoms with E-state index in [-0.39, 0.29) is 11.5 Å². The number of allylic oxidation sites excluding steroid dienone is 1. The van der Waals surface area contributed by atoms with Gasteiger partial charge < -0.3 is 5.11 Å². The number of para-hydroxylation sites is 1. The number of benzene rings is 2. The minimum Gasteiger partial charge on any atom is -0.508 e. The Bertz CT molecular complexity index is 755. The largest absolute Gasteiger partial charge is 0.508 e. The Balaban J connectivity index is 1.83. The van der Waals surface area contributed by atoms with Gasteiger partial charge in [-0.1, -0.05) is 30.3 Å². The maximum atomic E-state index is 12.1. The number of thiazole rings is 1. The second-order valence-electron chi connectivity index (χ2n) is 4.28. The van der Waals surface area contributed by atoms with Crippen molar-refractivity contribution in [2.75, 3.05) is 0 Å².